The summed E-state index contributed by atoms with van der Waals surface area (Å²) in [5.41, 5.74) is 3.87. The number of benzene rings is 2. The third-order valence-corrected chi connectivity index (χ3v) is 3.84. The first-order valence-electron chi connectivity index (χ1n) is 6.42. The summed E-state index contributed by atoms with van der Waals surface area (Å²) in [6, 6.07) is 11.4. The Kier molecular flexibility index (Phi) is 5.04. The number of rotatable bonds is 2. The fourth-order valence-corrected chi connectivity index (χ4v) is 2.26. The zero-order chi connectivity index (χ0) is 14.2. The molecule has 0 fully saturated rings. The van der Waals surface area contributed by atoms with Crippen molar-refractivity contribution in [3.63, 3.8) is 0 Å². The smallest absolute Gasteiger partial charge is 0.118 e. The molecule has 2 aromatic rings. The predicted molar refractivity (Wildman–Crippen MR) is 77.8 cm³/mol. The van der Waals surface area contributed by atoms with Crippen LogP contribution in [0.3, 0.4) is 0 Å². The first kappa shape index (κ1) is 16.8. The summed E-state index contributed by atoms with van der Waals surface area (Å²) >= 11 is 0. The van der Waals surface area contributed by atoms with Crippen molar-refractivity contribution in [1.82, 2.24) is 0 Å². The maximum absolute atomic E-state index is 9.63. The molecule has 2 aromatic carbocycles. The number of hydrogen-bond donors (Lipinski definition) is 2. The molecule has 0 radical (unpaired) electrons. The monoisotopic (exact) mass is 440 g/mol. The van der Waals surface area contributed by atoms with Crippen LogP contribution in [0.5, 0.6) is 11.5 Å². The van der Waals surface area contributed by atoms with E-state index in [-0.39, 0.29) is 26.5 Å². The van der Waals surface area contributed by atoms with E-state index in [4.69, 9.17) is 0 Å². The fourth-order valence-electron chi connectivity index (χ4n) is 2.26. The minimum absolute atomic E-state index is 0. The summed E-state index contributed by atoms with van der Waals surface area (Å²) in [6.07, 6.45) is 0. The normalized spacial score (nSPS) is 11.0. The van der Waals surface area contributed by atoms with Crippen LogP contribution in [0.1, 0.15) is 36.1 Å². The molecule has 20 heavy (non-hydrogen) atoms. The second kappa shape index (κ2) is 6.01. The van der Waals surface area contributed by atoms with E-state index in [0.717, 1.165) is 22.3 Å². The minimum Gasteiger partial charge on any atom is -0.508 e. The first-order chi connectivity index (χ1) is 8.82. The van der Waals surface area contributed by atoms with Gasteiger partial charge in [0.05, 0.1) is 0 Å². The van der Waals surface area contributed by atoms with Gasteiger partial charge < -0.3 is 10.2 Å². The second-order valence-corrected chi connectivity index (χ2v) is 5.63. The Morgan fingerprint density at radius 1 is 0.750 bits per heavy atom. The van der Waals surface area contributed by atoms with Crippen LogP contribution >= 0.6 is 0 Å². The van der Waals surface area contributed by atoms with Crippen molar-refractivity contribution in [2.45, 2.75) is 33.1 Å². The number of aryl methyl sites for hydroxylation is 2. The molecule has 0 aromatic heterocycles. The largest absolute Gasteiger partial charge is 0.508 e. The number of hydrogen-bond acceptors (Lipinski definition) is 2. The van der Waals surface area contributed by atoms with Gasteiger partial charge >= 0.3 is 0 Å². The molecule has 0 aliphatic rings. The molecule has 0 saturated carbocycles. The second-order valence-electron chi connectivity index (χ2n) is 5.63. The molecule has 2 rings (SSSR count). The molecule has 0 unspecified atom stereocenters. The van der Waals surface area contributed by atoms with Gasteiger partial charge in [-0.15, -0.1) is 0 Å². The van der Waals surface area contributed by atoms with Crippen molar-refractivity contribution in [3.05, 3.63) is 58.7 Å². The van der Waals surface area contributed by atoms with E-state index in [9.17, 15) is 10.2 Å². The molecule has 2 N–H and O–H groups in total. The molecule has 0 bridgehead atoms. The molecule has 106 valence electrons. The van der Waals surface area contributed by atoms with Gasteiger partial charge in [0.15, 0.2) is 0 Å². The average Bonchev–Trinajstić information content (AvgIpc) is 2.35. The van der Waals surface area contributed by atoms with Gasteiger partial charge in [-0.1, -0.05) is 38.1 Å². The maximum atomic E-state index is 9.63. The Labute approximate surface area is 134 Å². The predicted octanol–water partition coefficient (Wildman–Crippen LogP) is 4.04. The van der Waals surface area contributed by atoms with E-state index >= 15 is 0 Å². The molecular formula is C17H20O2W. The van der Waals surface area contributed by atoms with Crippen LogP contribution in [0.25, 0.3) is 0 Å². The van der Waals surface area contributed by atoms with E-state index in [1.54, 1.807) is 12.1 Å². The number of phenols is 2. The summed E-state index contributed by atoms with van der Waals surface area (Å²) < 4.78 is 0. The van der Waals surface area contributed by atoms with Gasteiger partial charge in [-0.05, 0) is 48.2 Å². The standard InChI is InChI=1S/C17H20O2.W/c1-11-9-13(5-7-15(11)18)17(3,4)14-6-8-16(19)12(2)10-14;/h5-10,18-19H,1-4H3;. The topological polar surface area (TPSA) is 40.5 Å². The zero-order valence-corrected chi connectivity index (χ0v) is 15.2. The number of aromatic hydroxyl groups is 2. The van der Waals surface area contributed by atoms with Crippen molar-refractivity contribution in [3.8, 4) is 11.5 Å². The van der Waals surface area contributed by atoms with Crippen molar-refractivity contribution in [2.75, 3.05) is 0 Å². The maximum Gasteiger partial charge on any atom is 0.118 e. The van der Waals surface area contributed by atoms with Crippen molar-refractivity contribution < 1.29 is 31.3 Å². The molecule has 0 atom stereocenters. The van der Waals surface area contributed by atoms with Gasteiger partial charge in [-0.25, -0.2) is 0 Å². The van der Waals surface area contributed by atoms with E-state index < -0.39 is 0 Å². The minimum atomic E-state index is -0.170. The number of phenolic OH excluding ortho intramolecular Hbond substituents is 2. The fraction of sp³-hybridized carbons (Fsp3) is 0.294. The third-order valence-electron chi connectivity index (χ3n) is 3.84. The molecule has 3 heteroatoms. The zero-order valence-electron chi connectivity index (χ0n) is 12.3. The van der Waals surface area contributed by atoms with Crippen LogP contribution in [-0.4, -0.2) is 10.2 Å². The Morgan fingerprint density at radius 3 is 1.40 bits per heavy atom. The SMILES string of the molecule is Cc1cc(C(C)(C)c2ccc(O)c(C)c2)ccc1O.[W]. The molecule has 2 nitrogen and oxygen atoms in total. The van der Waals surface area contributed by atoms with E-state index in [1.165, 1.54) is 0 Å². The quantitative estimate of drug-likeness (QED) is 0.741. The Morgan fingerprint density at radius 2 is 1.10 bits per heavy atom. The molecule has 0 aliphatic carbocycles. The molecule has 0 saturated heterocycles. The summed E-state index contributed by atoms with van der Waals surface area (Å²) in [4.78, 5) is 0. The Bertz CT molecular complexity index is 565. The van der Waals surface area contributed by atoms with Crippen LogP contribution < -0.4 is 0 Å². The summed E-state index contributed by atoms with van der Waals surface area (Å²) in [6.45, 7) is 8.09. The molecule has 0 amide bonds. The van der Waals surface area contributed by atoms with Gasteiger partial charge in [0.25, 0.3) is 0 Å². The van der Waals surface area contributed by atoms with E-state index in [2.05, 4.69) is 13.8 Å². The van der Waals surface area contributed by atoms with Gasteiger partial charge in [-0.2, -0.15) is 0 Å². The van der Waals surface area contributed by atoms with Crippen LogP contribution in [0.15, 0.2) is 36.4 Å². The third kappa shape index (κ3) is 3.07. The van der Waals surface area contributed by atoms with Crippen LogP contribution in [-0.2, 0) is 26.5 Å². The van der Waals surface area contributed by atoms with Crippen molar-refractivity contribution >= 4 is 0 Å². The molecule has 0 heterocycles. The Hall–Kier alpha value is -1.27. The van der Waals surface area contributed by atoms with Gasteiger partial charge in [0.2, 0.25) is 0 Å². The first-order valence-corrected chi connectivity index (χ1v) is 6.42. The summed E-state index contributed by atoms with van der Waals surface area (Å²) in [5.74, 6) is 0.642. The van der Waals surface area contributed by atoms with Crippen LogP contribution in [0, 0.1) is 13.8 Å². The van der Waals surface area contributed by atoms with E-state index in [1.807, 2.05) is 38.1 Å². The van der Waals surface area contributed by atoms with Crippen molar-refractivity contribution in [2.24, 2.45) is 0 Å². The van der Waals surface area contributed by atoms with Gasteiger partial charge in [-0.3, -0.25) is 0 Å². The average molecular weight is 440 g/mol. The van der Waals surface area contributed by atoms with E-state index in [0.29, 0.717) is 11.5 Å². The summed E-state index contributed by atoms with van der Waals surface area (Å²) in [7, 11) is 0. The van der Waals surface area contributed by atoms with Crippen LogP contribution in [0.2, 0.25) is 0 Å². The summed E-state index contributed by atoms with van der Waals surface area (Å²) in [5, 5.41) is 19.3. The Balaban J connectivity index is 0.00000200. The van der Waals surface area contributed by atoms with Crippen molar-refractivity contribution in [1.29, 1.82) is 0 Å². The molecular weight excluding hydrogens is 420 g/mol. The van der Waals surface area contributed by atoms with Gasteiger partial charge in [0, 0.05) is 26.5 Å². The molecule has 0 spiro atoms. The molecule has 0 aliphatic heterocycles. The van der Waals surface area contributed by atoms with Gasteiger partial charge in [0.1, 0.15) is 11.5 Å². The van der Waals surface area contributed by atoms with Crippen LogP contribution in [0.4, 0.5) is 0 Å².